The average Bonchev–Trinajstić information content (AvgIpc) is 2.21. The molecular formula is C12H21N3O2. The molecule has 0 aromatic rings. The number of amides is 2. The molecule has 5 nitrogen and oxygen atoms in total. The molecule has 0 unspecified atom stereocenters. The number of nitrogens with one attached hydrogen (secondary N) is 1. The van der Waals surface area contributed by atoms with Crippen molar-refractivity contribution in [1.82, 2.24) is 5.32 Å². The molecule has 2 amide bonds. The molecule has 1 atom stereocenters. The van der Waals surface area contributed by atoms with Gasteiger partial charge in [-0.3, -0.25) is 9.59 Å². The van der Waals surface area contributed by atoms with Crippen LogP contribution in [0.1, 0.15) is 46.0 Å². The second-order valence-electron chi connectivity index (χ2n) is 4.52. The molecule has 5 heteroatoms. The molecule has 0 spiro atoms. The second-order valence-corrected chi connectivity index (χ2v) is 4.52. The van der Waals surface area contributed by atoms with E-state index in [1.54, 1.807) is 0 Å². The first-order chi connectivity index (χ1) is 7.97. The van der Waals surface area contributed by atoms with Gasteiger partial charge in [0.25, 0.3) is 0 Å². The number of hydrogen-bond acceptors (Lipinski definition) is 3. The highest BCUT2D eigenvalue weighted by Gasteiger charge is 2.17. The first kappa shape index (κ1) is 15.4. The lowest BCUT2D eigenvalue weighted by Crippen LogP contribution is -2.44. The maximum absolute atomic E-state index is 11.5. The molecule has 17 heavy (non-hydrogen) atoms. The second kappa shape index (κ2) is 8.57. The van der Waals surface area contributed by atoms with E-state index in [0.29, 0.717) is 25.7 Å². The Balaban J connectivity index is 4.03. The van der Waals surface area contributed by atoms with E-state index in [1.807, 2.05) is 19.9 Å². The van der Waals surface area contributed by atoms with Crippen LogP contribution in [-0.2, 0) is 9.59 Å². The summed E-state index contributed by atoms with van der Waals surface area (Å²) in [4.78, 5) is 22.6. The Morgan fingerprint density at radius 1 is 1.35 bits per heavy atom. The van der Waals surface area contributed by atoms with Gasteiger partial charge in [-0.05, 0) is 25.2 Å². The topological polar surface area (TPSA) is 96.0 Å². The Bertz CT molecular complexity index is 295. The van der Waals surface area contributed by atoms with Crippen LogP contribution in [0.4, 0.5) is 0 Å². The minimum atomic E-state index is -0.611. The van der Waals surface area contributed by atoms with E-state index in [2.05, 4.69) is 5.32 Å². The summed E-state index contributed by atoms with van der Waals surface area (Å²) in [5.74, 6) is -0.412. The largest absolute Gasteiger partial charge is 0.368 e. The molecule has 0 saturated heterocycles. The fourth-order valence-corrected chi connectivity index (χ4v) is 1.46. The van der Waals surface area contributed by atoms with Crippen LogP contribution in [-0.4, -0.2) is 17.9 Å². The van der Waals surface area contributed by atoms with Crippen molar-refractivity contribution in [3.63, 3.8) is 0 Å². The van der Waals surface area contributed by atoms with Gasteiger partial charge in [0.05, 0.1) is 6.07 Å². The van der Waals surface area contributed by atoms with Gasteiger partial charge in [-0.15, -0.1) is 0 Å². The molecule has 96 valence electrons. The molecule has 0 aromatic heterocycles. The minimum Gasteiger partial charge on any atom is -0.368 e. The number of carbonyl (C=O) groups excluding carboxylic acids is 2. The third-order valence-corrected chi connectivity index (χ3v) is 2.30. The fraction of sp³-hybridized carbons (Fsp3) is 0.750. The number of primary amides is 1. The summed E-state index contributed by atoms with van der Waals surface area (Å²) >= 11 is 0. The molecule has 0 radical (unpaired) electrons. The number of nitrogens with zero attached hydrogens (tertiary/aromatic N) is 1. The Hall–Kier alpha value is -1.57. The predicted octanol–water partition coefficient (Wildman–Crippen LogP) is 1.09. The van der Waals surface area contributed by atoms with Crippen LogP contribution >= 0.6 is 0 Å². The van der Waals surface area contributed by atoms with Gasteiger partial charge in [0.2, 0.25) is 11.8 Å². The van der Waals surface area contributed by atoms with E-state index in [4.69, 9.17) is 11.0 Å². The summed E-state index contributed by atoms with van der Waals surface area (Å²) in [5, 5.41) is 11.0. The summed E-state index contributed by atoms with van der Waals surface area (Å²) in [5.41, 5.74) is 5.21. The Morgan fingerprint density at radius 2 is 2.00 bits per heavy atom. The lowest BCUT2D eigenvalue weighted by molar-refractivity contribution is -0.128. The molecular weight excluding hydrogens is 218 g/mol. The van der Waals surface area contributed by atoms with Crippen molar-refractivity contribution in [2.75, 3.05) is 0 Å². The molecule has 0 heterocycles. The lowest BCUT2D eigenvalue weighted by Gasteiger charge is -2.15. The van der Waals surface area contributed by atoms with Gasteiger partial charge >= 0.3 is 0 Å². The van der Waals surface area contributed by atoms with E-state index in [0.717, 1.165) is 6.42 Å². The maximum Gasteiger partial charge on any atom is 0.239 e. The average molecular weight is 239 g/mol. The number of nitrogens with two attached hydrogens (primary N) is 1. The first-order valence-electron chi connectivity index (χ1n) is 5.93. The molecule has 0 aliphatic heterocycles. The zero-order valence-corrected chi connectivity index (χ0v) is 10.5. The molecule has 0 aromatic carbocycles. The van der Waals surface area contributed by atoms with Gasteiger partial charge in [-0.2, -0.15) is 5.26 Å². The van der Waals surface area contributed by atoms with E-state index < -0.39 is 11.9 Å². The van der Waals surface area contributed by atoms with Crippen molar-refractivity contribution in [3.05, 3.63) is 0 Å². The van der Waals surface area contributed by atoms with Crippen LogP contribution < -0.4 is 11.1 Å². The van der Waals surface area contributed by atoms with Crippen molar-refractivity contribution in [1.29, 1.82) is 5.26 Å². The van der Waals surface area contributed by atoms with Crippen LogP contribution in [0.25, 0.3) is 0 Å². The van der Waals surface area contributed by atoms with Gasteiger partial charge in [0, 0.05) is 12.8 Å². The van der Waals surface area contributed by atoms with Crippen LogP contribution in [0.15, 0.2) is 0 Å². The third-order valence-electron chi connectivity index (χ3n) is 2.30. The Kier molecular flexibility index (Phi) is 7.78. The van der Waals surface area contributed by atoms with E-state index in [-0.39, 0.29) is 11.8 Å². The zero-order chi connectivity index (χ0) is 13.3. The first-order valence-corrected chi connectivity index (χ1v) is 5.93. The van der Waals surface area contributed by atoms with E-state index in [1.165, 1.54) is 0 Å². The summed E-state index contributed by atoms with van der Waals surface area (Å²) in [6.45, 7) is 3.87. The monoisotopic (exact) mass is 239 g/mol. The molecule has 0 aliphatic carbocycles. The fourth-order valence-electron chi connectivity index (χ4n) is 1.46. The minimum absolute atomic E-state index is 0.149. The van der Waals surface area contributed by atoms with Crippen molar-refractivity contribution in [3.8, 4) is 6.07 Å². The molecule has 3 N–H and O–H groups in total. The van der Waals surface area contributed by atoms with Crippen LogP contribution in [0.3, 0.4) is 0 Å². The summed E-state index contributed by atoms with van der Waals surface area (Å²) in [7, 11) is 0. The van der Waals surface area contributed by atoms with Crippen LogP contribution in [0.5, 0.6) is 0 Å². The Labute approximate surface area is 102 Å². The molecule has 0 saturated carbocycles. The summed E-state index contributed by atoms with van der Waals surface area (Å²) in [6, 6.07) is 1.42. The molecule has 0 fully saturated rings. The molecule has 0 aliphatic rings. The van der Waals surface area contributed by atoms with Crippen LogP contribution in [0.2, 0.25) is 0 Å². The third kappa shape index (κ3) is 8.26. The normalized spacial score (nSPS) is 11.9. The van der Waals surface area contributed by atoms with E-state index >= 15 is 0 Å². The number of carbonyl (C=O) groups is 2. The SMILES string of the molecule is CC(C)CC(=O)N[C@@H](CCCCC#N)C(N)=O. The van der Waals surface area contributed by atoms with E-state index in [9.17, 15) is 9.59 Å². The van der Waals surface area contributed by atoms with Crippen LogP contribution in [0, 0.1) is 17.2 Å². The van der Waals surface area contributed by atoms with Crippen molar-refractivity contribution in [2.45, 2.75) is 52.0 Å². The number of hydrogen-bond donors (Lipinski definition) is 2. The highest BCUT2D eigenvalue weighted by atomic mass is 16.2. The van der Waals surface area contributed by atoms with Gasteiger partial charge < -0.3 is 11.1 Å². The number of rotatable bonds is 8. The molecule has 0 rings (SSSR count). The Morgan fingerprint density at radius 3 is 2.47 bits per heavy atom. The maximum atomic E-state index is 11.5. The standard InChI is InChI=1S/C12H21N3O2/c1-9(2)8-11(16)15-10(12(14)17)6-4-3-5-7-13/h9-10H,3-6,8H2,1-2H3,(H2,14,17)(H,15,16)/t10-/m0/s1. The number of unbranched alkanes of at least 4 members (excludes halogenated alkanes) is 2. The summed E-state index contributed by atoms with van der Waals surface area (Å²) < 4.78 is 0. The van der Waals surface area contributed by atoms with Crippen molar-refractivity contribution < 1.29 is 9.59 Å². The van der Waals surface area contributed by atoms with Crippen molar-refractivity contribution in [2.24, 2.45) is 11.7 Å². The van der Waals surface area contributed by atoms with Gasteiger partial charge in [-0.25, -0.2) is 0 Å². The quantitative estimate of drug-likeness (QED) is 0.620. The summed E-state index contributed by atoms with van der Waals surface area (Å²) in [6.07, 6.45) is 2.79. The highest BCUT2D eigenvalue weighted by molar-refractivity contribution is 5.86. The lowest BCUT2D eigenvalue weighted by atomic mass is 10.1. The van der Waals surface area contributed by atoms with Crippen molar-refractivity contribution >= 4 is 11.8 Å². The zero-order valence-electron chi connectivity index (χ0n) is 10.5. The smallest absolute Gasteiger partial charge is 0.239 e. The van der Waals surface area contributed by atoms with Gasteiger partial charge in [0.15, 0.2) is 0 Å². The predicted molar refractivity (Wildman–Crippen MR) is 64.7 cm³/mol. The number of nitriles is 1. The van der Waals surface area contributed by atoms with Gasteiger partial charge in [-0.1, -0.05) is 13.8 Å². The molecule has 0 bridgehead atoms. The van der Waals surface area contributed by atoms with Gasteiger partial charge in [0.1, 0.15) is 6.04 Å². The highest BCUT2D eigenvalue weighted by Crippen LogP contribution is 2.05.